The molecule has 20 heavy (non-hydrogen) atoms. The molecule has 0 unspecified atom stereocenters. The molecule has 0 saturated carbocycles. The van der Waals surface area contributed by atoms with Gasteiger partial charge in [-0.25, -0.2) is 0 Å². The zero-order valence-corrected chi connectivity index (χ0v) is 12.5. The third-order valence-electron chi connectivity index (χ3n) is 2.93. The van der Waals surface area contributed by atoms with Crippen LogP contribution in [0, 0.1) is 6.92 Å². The quantitative estimate of drug-likeness (QED) is 0.788. The normalized spacial score (nSPS) is 11.0. The Bertz CT molecular complexity index is 534. The van der Waals surface area contributed by atoms with Crippen molar-refractivity contribution >= 4 is 0 Å². The fraction of sp³-hybridized carbons (Fsp3) is 0.438. The van der Waals surface area contributed by atoms with Crippen LogP contribution in [0.4, 0.5) is 0 Å². The number of ether oxygens (including phenoxy) is 1. The molecule has 0 bridgehead atoms. The summed E-state index contributed by atoms with van der Waals surface area (Å²) in [5.74, 6) is 0.963. The molecule has 0 saturated heterocycles. The van der Waals surface area contributed by atoms with Crippen LogP contribution < -0.4 is 10.1 Å². The van der Waals surface area contributed by atoms with E-state index in [2.05, 4.69) is 29.6 Å². The van der Waals surface area contributed by atoms with E-state index in [0.29, 0.717) is 0 Å². The van der Waals surface area contributed by atoms with Crippen molar-refractivity contribution in [3.63, 3.8) is 0 Å². The van der Waals surface area contributed by atoms with Gasteiger partial charge in [0.15, 0.2) is 0 Å². The summed E-state index contributed by atoms with van der Waals surface area (Å²) in [6.07, 6.45) is 4.13. The van der Waals surface area contributed by atoms with Gasteiger partial charge in [-0.05, 0) is 32.4 Å². The molecule has 1 aromatic carbocycles. The SMILES string of the molecule is Cc1cnn(CCNCc2ccccc2OC(C)C)c1. The van der Waals surface area contributed by atoms with Crippen LogP contribution in [0.2, 0.25) is 0 Å². The summed E-state index contributed by atoms with van der Waals surface area (Å²) < 4.78 is 7.76. The topological polar surface area (TPSA) is 39.1 Å². The number of para-hydroxylation sites is 1. The monoisotopic (exact) mass is 273 g/mol. The summed E-state index contributed by atoms with van der Waals surface area (Å²) in [5, 5.41) is 7.70. The van der Waals surface area contributed by atoms with E-state index in [0.717, 1.165) is 25.4 Å². The highest BCUT2D eigenvalue weighted by Gasteiger charge is 2.04. The van der Waals surface area contributed by atoms with Gasteiger partial charge in [0.1, 0.15) is 5.75 Å². The average molecular weight is 273 g/mol. The molecule has 0 fully saturated rings. The first-order valence-electron chi connectivity index (χ1n) is 7.09. The second-order valence-electron chi connectivity index (χ2n) is 5.23. The Morgan fingerprint density at radius 3 is 2.80 bits per heavy atom. The third-order valence-corrected chi connectivity index (χ3v) is 2.93. The molecule has 2 rings (SSSR count). The highest BCUT2D eigenvalue weighted by molar-refractivity contribution is 5.33. The minimum absolute atomic E-state index is 0.197. The molecule has 0 aliphatic heterocycles. The van der Waals surface area contributed by atoms with Crippen LogP contribution in [0.3, 0.4) is 0 Å². The number of hydrogen-bond acceptors (Lipinski definition) is 3. The molecule has 1 heterocycles. The summed E-state index contributed by atoms with van der Waals surface area (Å²) in [4.78, 5) is 0. The molecule has 108 valence electrons. The lowest BCUT2D eigenvalue weighted by atomic mass is 10.2. The van der Waals surface area contributed by atoms with Crippen LogP contribution in [-0.4, -0.2) is 22.4 Å². The summed E-state index contributed by atoms with van der Waals surface area (Å²) in [5.41, 5.74) is 2.39. The van der Waals surface area contributed by atoms with Crippen LogP contribution >= 0.6 is 0 Å². The van der Waals surface area contributed by atoms with Gasteiger partial charge in [-0.1, -0.05) is 18.2 Å². The van der Waals surface area contributed by atoms with Crippen LogP contribution in [0.5, 0.6) is 5.75 Å². The van der Waals surface area contributed by atoms with Crippen molar-refractivity contribution in [1.82, 2.24) is 15.1 Å². The molecule has 1 aromatic heterocycles. The molecular weight excluding hydrogens is 250 g/mol. The van der Waals surface area contributed by atoms with Gasteiger partial charge >= 0.3 is 0 Å². The van der Waals surface area contributed by atoms with Crippen molar-refractivity contribution in [3.8, 4) is 5.75 Å². The molecule has 0 spiro atoms. The van der Waals surface area contributed by atoms with Crippen LogP contribution in [0.15, 0.2) is 36.7 Å². The van der Waals surface area contributed by atoms with E-state index in [4.69, 9.17) is 4.74 Å². The predicted molar refractivity (Wildman–Crippen MR) is 80.9 cm³/mol. The van der Waals surface area contributed by atoms with Gasteiger partial charge in [-0.2, -0.15) is 5.10 Å². The minimum atomic E-state index is 0.197. The number of hydrogen-bond donors (Lipinski definition) is 1. The zero-order valence-electron chi connectivity index (χ0n) is 12.5. The molecular formula is C16H23N3O. The number of nitrogens with zero attached hydrogens (tertiary/aromatic N) is 2. The number of aromatic nitrogens is 2. The minimum Gasteiger partial charge on any atom is -0.491 e. The highest BCUT2D eigenvalue weighted by Crippen LogP contribution is 2.18. The predicted octanol–water partition coefficient (Wildman–Crippen LogP) is 2.77. The highest BCUT2D eigenvalue weighted by atomic mass is 16.5. The van der Waals surface area contributed by atoms with Crippen molar-refractivity contribution in [1.29, 1.82) is 0 Å². The van der Waals surface area contributed by atoms with E-state index < -0.39 is 0 Å². The molecule has 0 atom stereocenters. The van der Waals surface area contributed by atoms with Gasteiger partial charge in [0.2, 0.25) is 0 Å². The summed E-state index contributed by atoms with van der Waals surface area (Å²) >= 11 is 0. The van der Waals surface area contributed by atoms with Gasteiger partial charge in [-0.15, -0.1) is 0 Å². The van der Waals surface area contributed by atoms with E-state index >= 15 is 0 Å². The average Bonchev–Trinajstić information content (AvgIpc) is 2.81. The fourth-order valence-electron chi connectivity index (χ4n) is 2.02. The van der Waals surface area contributed by atoms with Gasteiger partial charge in [0, 0.05) is 24.8 Å². The van der Waals surface area contributed by atoms with Gasteiger partial charge in [-0.3, -0.25) is 4.68 Å². The molecule has 0 aliphatic rings. The maximum atomic E-state index is 5.81. The van der Waals surface area contributed by atoms with E-state index in [1.165, 1.54) is 11.1 Å². The maximum Gasteiger partial charge on any atom is 0.124 e. The Morgan fingerprint density at radius 2 is 2.10 bits per heavy atom. The first-order chi connectivity index (χ1) is 9.65. The third kappa shape index (κ3) is 4.38. The lowest BCUT2D eigenvalue weighted by Crippen LogP contribution is -2.20. The largest absolute Gasteiger partial charge is 0.491 e. The number of nitrogens with one attached hydrogen (secondary N) is 1. The number of rotatable bonds is 7. The molecule has 0 radical (unpaired) electrons. The summed E-state index contributed by atoms with van der Waals surface area (Å²) in [6.45, 7) is 8.71. The molecule has 0 aliphatic carbocycles. The standard InChI is InChI=1S/C16H23N3O/c1-13(2)20-16-7-5-4-6-15(16)11-17-8-9-19-12-14(3)10-18-19/h4-7,10,12-13,17H,8-9,11H2,1-3H3. The zero-order chi connectivity index (χ0) is 14.4. The van der Waals surface area contributed by atoms with E-state index in [1.807, 2.05) is 42.9 Å². The van der Waals surface area contributed by atoms with Crippen molar-refractivity contribution in [2.75, 3.05) is 6.54 Å². The van der Waals surface area contributed by atoms with Crippen molar-refractivity contribution in [3.05, 3.63) is 47.8 Å². The van der Waals surface area contributed by atoms with Crippen LogP contribution in [0.1, 0.15) is 25.0 Å². The second kappa shape index (κ2) is 7.10. The van der Waals surface area contributed by atoms with Crippen LogP contribution in [-0.2, 0) is 13.1 Å². The lowest BCUT2D eigenvalue weighted by molar-refractivity contribution is 0.239. The Morgan fingerprint density at radius 1 is 1.30 bits per heavy atom. The first kappa shape index (κ1) is 14.6. The Labute approximate surface area is 120 Å². The number of aryl methyl sites for hydroxylation is 1. The van der Waals surface area contributed by atoms with Crippen LogP contribution in [0.25, 0.3) is 0 Å². The van der Waals surface area contributed by atoms with Crippen molar-refractivity contribution in [2.45, 2.75) is 40.0 Å². The Kier molecular flexibility index (Phi) is 5.18. The van der Waals surface area contributed by atoms with Crippen molar-refractivity contribution in [2.24, 2.45) is 0 Å². The van der Waals surface area contributed by atoms with Crippen molar-refractivity contribution < 1.29 is 4.74 Å². The maximum absolute atomic E-state index is 5.81. The molecule has 4 nitrogen and oxygen atoms in total. The molecule has 4 heteroatoms. The summed E-state index contributed by atoms with van der Waals surface area (Å²) in [6, 6.07) is 8.17. The second-order valence-corrected chi connectivity index (χ2v) is 5.23. The lowest BCUT2D eigenvalue weighted by Gasteiger charge is -2.14. The smallest absolute Gasteiger partial charge is 0.124 e. The Balaban J connectivity index is 1.81. The van der Waals surface area contributed by atoms with E-state index in [9.17, 15) is 0 Å². The van der Waals surface area contributed by atoms with Gasteiger partial charge < -0.3 is 10.1 Å². The fourth-order valence-corrected chi connectivity index (χ4v) is 2.02. The number of benzene rings is 1. The Hall–Kier alpha value is -1.81. The van der Waals surface area contributed by atoms with E-state index in [-0.39, 0.29) is 6.10 Å². The van der Waals surface area contributed by atoms with Gasteiger partial charge in [0.25, 0.3) is 0 Å². The first-order valence-corrected chi connectivity index (χ1v) is 7.09. The van der Waals surface area contributed by atoms with Gasteiger partial charge in [0.05, 0.1) is 18.8 Å². The van der Waals surface area contributed by atoms with E-state index in [1.54, 1.807) is 0 Å². The molecule has 0 amide bonds. The molecule has 2 aromatic rings. The summed E-state index contributed by atoms with van der Waals surface area (Å²) in [7, 11) is 0. The molecule has 1 N–H and O–H groups in total.